The zero-order chi connectivity index (χ0) is 9.84. The minimum Gasteiger partial charge on any atom is -0.350 e. The number of aryl methyl sites for hydroxylation is 1. The van der Waals surface area contributed by atoms with Crippen molar-refractivity contribution in [3.05, 3.63) is 18.0 Å². The molecule has 1 aromatic rings. The van der Waals surface area contributed by atoms with Crippen LogP contribution < -0.4 is 5.32 Å². The predicted octanol–water partition coefficient (Wildman–Crippen LogP) is 0.948. The maximum absolute atomic E-state index is 11.5. The number of hydrogen-bond donors (Lipinski definition) is 1. The van der Waals surface area contributed by atoms with Crippen molar-refractivity contribution in [3.63, 3.8) is 0 Å². The Bertz CT molecular complexity index is 293. The molecule has 1 aromatic heterocycles. The second-order valence-electron chi connectivity index (χ2n) is 3.19. The minimum absolute atomic E-state index is 0.0533. The molecular weight excluding hydrogens is 166 g/mol. The quantitative estimate of drug-likeness (QED) is 0.754. The van der Waals surface area contributed by atoms with Gasteiger partial charge in [0.05, 0.1) is 11.8 Å². The lowest BCUT2D eigenvalue weighted by Crippen LogP contribution is -2.31. The minimum atomic E-state index is -0.0533. The molecule has 1 atom stereocenters. The van der Waals surface area contributed by atoms with E-state index in [4.69, 9.17) is 0 Å². The first-order valence-corrected chi connectivity index (χ1v) is 4.43. The van der Waals surface area contributed by atoms with Crippen molar-refractivity contribution < 1.29 is 4.79 Å². The van der Waals surface area contributed by atoms with Gasteiger partial charge in [0.2, 0.25) is 0 Å². The Balaban J connectivity index is 2.58. The summed E-state index contributed by atoms with van der Waals surface area (Å²) in [6.45, 7) is 4.02. The van der Waals surface area contributed by atoms with Crippen LogP contribution >= 0.6 is 0 Å². The van der Waals surface area contributed by atoms with Gasteiger partial charge in [-0.3, -0.25) is 9.48 Å². The summed E-state index contributed by atoms with van der Waals surface area (Å²) < 4.78 is 1.62. The van der Waals surface area contributed by atoms with Gasteiger partial charge >= 0.3 is 0 Å². The van der Waals surface area contributed by atoms with Gasteiger partial charge in [0.1, 0.15) is 0 Å². The van der Waals surface area contributed by atoms with Crippen LogP contribution in [0, 0.1) is 0 Å². The van der Waals surface area contributed by atoms with Crippen LogP contribution in [0.3, 0.4) is 0 Å². The lowest BCUT2D eigenvalue weighted by Gasteiger charge is -2.09. The lowest BCUT2D eigenvalue weighted by atomic mass is 10.2. The number of aromatic nitrogens is 2. The number of nitrogens with zero attached hydrogens (tertiary/aromatic N) is 2. The summed E-state index contributed by atoms with van der Waals surface area (Å²) in [5.41, 5.74) is 0.614. The zero-order valence-electron chi connectivity index (χ0n) is 8.24. The molecule has 1 rings (SSSR count). The Kier molecular flexibility index (Phi) is 3.06. The summed E-state index contributed by atoms with van der Waals surface area (Å²) in [5, 5.41) is 6.79. The van der Waals surface area contributed by atoms with E-state index in [0.717, 1.165) is 6.42 Å². The van der Waals surface area contributed by atoms with Gasteiger partial charge in [-0.25, -0.2) is 0 Å². The molecule has 0 saturated carbocycles. The first-order valence-electron chi connectivity index (χ1n) is 4.43. The van der Waals surface area contributed by atoms with Crippen LogP contribution in [0.2, 0.25) is 0 Å². The second-order valence-corrected chi connectivity index (χ2v) is 3.19. The van der Waals surface area contributed by atoms with E-state index in [1.54, 1.807) is 24.1 Å². The van der Waals surface area contributed by atoms with Gasteiger partial charge < -0.3 is 5.32 Å². The fourth-order valence-corrected chi connectivity index (χ4v) is 0.948. The van der Waals surface area contributed by atoms with Crippen LogP contribution in [-0.2, 0) is 7.05 Å². The summed E-state index contributed by atoms with van der Waals surface area (Å²) in [6.07, 6.45) is 4.21. The molecular formula is C9H15N3O. The average molecular weight is 181 g/mol. The third-order valence-electron chi connectivity index (χ3n) is 1.96. The van der Waals surface area contributed by atoms with E-state index in [-0.39, 0.29) is 11.9 Å². The molecule has 13 heavy (non-hydrogen) atoms. The highest BCUT2D eigenvalue weighted by atomic mass is 16.1. The highest BCUT2D eigenvalue weighted by Gasteiger charge is 2.09. The van der Waals surface area contributed by atoms with Crippen molar-refractivity contribution in [3.8, 4) is 0 Å². The van der Waals surface area contributed by atoms with Crippen molar-refractivity contribution >= 4 is 5.91 Å². The number of hydrogen-bond acceptors (Lipinski definition) is 2. The van der Waals surface area contributed by atoms with E-state index in [9.17, 15) is 4.79 Å². The van der Waals surface area contributed by atoms with Crippen LogP contribution in [0.25, 0.3) is 0 Å². The van der Waals surface area contributed by atoms with Crippen molar-refractivity contribution in [1.29, 1.82) is 0 Å². The SMILES string of the molecule is CC[C@@H](C)NC(=O)c1cnn(C)c1. The smallest absolute Gasteiger partial charge is 0.254 e. The van der Waals surface area contributed by atoms with Gasteiger partial charge in [-0.15, -0.1) is 0 Å². The summed E-state index contributed by atoms with van der Waals surface area (Å²) in [4.78, 5) is 11.5. The van der Waals surface area contributed by atoms with Gasteiger partial charge in [0.25, 0.3) is 5.91 Å². The molecule has 0 aliphatic rings. The first-order chi connectivity index (χ1) is 6.13. The number of carbonyl (C=O) groups is 1. The van der Waals surface area contributed by atoms with E-state index in [1.165, 1.54) is 0 Å². The Morgan fingerprint density at radius 3 is 2.92 bits per heavy atom. The number of nitrogens with one attached hydrogen (secondary N) is 1. The maximum Gasteiger partial charge on any atom is 0.254 e. The van der Waals surface area contributed by atoms with Crippen LogP contribution in [0.1, 0.15) is 30.6 Å². The molecule has 0 bridgehead atoms. The maximum atomic E-state index is 11.5. The average Bonchev–Trinajstić information content (AvgIpc) is 2.51. The monoisotopic (exact) mass is 181 g/mol. The summed E-state index contributed by atoms with van der Waals surface area (Å²) in [6, 6.07) is 0.215. The molecule has 0 fully saturated rings. The van der Waals surface area contributed by atoms with Crippen LogP contribution in [0.5, 0.6) is 0 Å². The second kappa shape index (κ2) is 4.07. The van der Waals surface area contributed by atoms with Gasteiger partial charge in [0.15, 0.2) is 0 Å². The highest BCUT2D eigenvalue weighted by molar-refractivity contribution is 5.93. The fourth-order valence-electron chi connectivity index (χ4n) is 0.948. The van der Waals surface area contributed by atoms with Crippen LogP contribution in [0.4, 0.5) is 0 Å². The third kappa shape index (κ3) is 2.57. The molecule has 1 N–H and O–H groups in total. The highest BCUT2D eigenvalue weighted by Crippen LogP contribution is 1.97. The topological polar surface area (TPSA) is 46.9 Å². The van der Waals surface area contributed by atoms with Crippen molar-refractivity contribution in [1.82, 2.24) is 15.1 Å². The van der Waals surface area contributed by atoms with Gasteiger partial charge in [-0.1, -0.05) is 6.92 Å². The Morgan fingerprint density at radius 2 is 2.46 bits per heavy atom. The molecule has 4 nitrogen and oxygen atoms in total. The molecule has 0 unspecified atom stereocenters. The Labute approximate surface area is 77.9 Å². The number of rotatable bonds is 3. The summed E-state index contributed by atoms with van der Waals surface area (Å²) in [5.74, 6) is -0.0533. The van der Waals surface area contributed by atoms with E-state index in [1.807, 2.05) is 13.8 Å². The molecule has 72 valence electrons. The molecule has 1 heterocycles. The number of amides is 1. The Hall–Kier alpha value is -1.32. The molecule has 0 spiro atoms. The third-order valence-corrected chi connectivity index (χ3v) is 1.96. The van der Waals surface area contributed by atoms with Crippen molar-refractivity contribution in [2.45, 2.75) is 26.3 Å². The van der Waals surface area contributed by atoms with Crippen LogP contribution in [0.15, 0.2) is 12.4 Å². The zero-order valence-corrected chi connectivity index (χ0v) is 8.24. The molecule has 4 heteroatoms. The summed E-state index contributed by atoms with van der Waals surface area (Å²) in [7, 11) is 1.79. The molecule has 0 aromatic carbocycles. The predicted molar refractivity (Wildman–Crippen MR) is 50.4 cm³/mol. The number of carbonyl (C=O) groups excluding carboxylic acids is 1. The van der Waals surface area contributed by atoms with E-state index in [0.29, 0.717) is 5.56 Å². The first kappa shape index (κ1) is 9.77. The molecule has 0 radical (unpaired) electrons. The fraction of sp³-hybridized carbons (Fsp3) is 0.556. The van der Waals surface area contributed by atoms with Gasteiger partial charge in [-0.05, 0) is 13.3 Å². The molecule has 0 aliphatic carbocycles. The Morgan fingerprint density at radius 1 is 1.77 bits per heavy atom. The lowest BCUT2D eigenvalue weighted by molar-refractivity contribution is 0.0939. The van der Waals surface area contributed by atoms with Gasteiger partial charge in [0, 0.05) is 19.3 Å². The van der Waals surface area contributed by atoms with Gasteiger partial charge in [-0.2, -0.15) is 5.10 Å². The van der Waals surface area contributed by atoms with E-state index < -0.39 is 0 Å². The summed E-state index contributed by atoms with van der Waals surface area (Å²) >= 11 is 0. The van der Waals surface area contributed by atoms with E-state index in [2.05, 4.69) is 10.4 Å². The van der Waals surface area contributed by atoms with Crippen molar-refractivity contribution in [2.75, 3.05) is 0 Å². The molecule has 1 amide bonds. The molecule has 0 aliphatic heterocycles. The standard InChI is InChI=1S/C9H15N3O/c1-4-7(2)11-9(13)8-5-10-12(3)6-8/h5-7H,4H2,1-3H3,(H,11,13)/t7-/m1/s1. The molecule has 0 saturated heterocycles. The normalized spacial score (nSPS) is 12.5. The van der Waals surface area contributed by atoms with Crippen molar-refractivity contribution in [2.24, 2.45) is 7.05 Å². The largest absolute Gasteiger partial charge is 0.350 e. The van der Waals surface area contributed by atoms with E-state index >= 15 is 0 Å². The van der Waals surface area contributed by atoms with Crippen LogP contribution in [-0.4, -0.2) is 21.7 Å².